The molecule has 1 fully saturated rings. The largest absolute Gasteiger partial charge is 0.391 e. The molecule has 1 amide bonds. The molecule has 1 aliphatic heterocycles. The first-order chi connectivity index (χ1) is 12.6. The van der Waals surface area contributed by atoms with Crippen LogP contribution in [0.25, 0.3) is 10.9 Å². The molecule has 1 aliphatic rings. The van der Waals surface area contributed by atoms with Crippen molar-refractivity contribution in [3.05, 3.63) is 44.6 Å². The van der Waals surface area contributed by atoms with Gasteiger partial charge in [-0.1, -0.05) is 20.8 Å². The molecule has 1 aromatic carbocycles. The Labute approximate surface area is 157 Å². The summed E-state index contributed by atoms with van der Waals surface area (Å²) in [7, 11) is 0. The summed E-state index contributed by atoms with van der Waals surface area (Å²) in [5.41, 5.74) is -0.118. The predicted molar refractivity (Wildman–Crippen MR) is 104 cm³/mol. The molecule has 0 saturated carbocycles. The summed E-state index contributed by atoms with van der Waals surface area (Å²) < 4.78 is 1.12. The van der Waals surface area contributed by atoms with Crippen molar-refractivity contribution in [1.82, 2.24) is 14.5 Å². The Balaban J connectivity index is 1.89. The molecule has 2 aromatic rings. The second-order valence-corrected chi connectivity index (χ2v) is 8.32. The van der Waals surface area contributed by atoms with E-state index >= 15 is 0 Å². The van der Waals surface area contributed by atoms with Crippen molar-refractivity contribution in [1.29, 1.82) is 0 Å². The van der Waals surface area contributed by atoms with E-state index in [0.29, 0.717) is 23.0 Å². The zero-order valence-corrected chi connectivity index (χ0v) is 16.3. The number of fused-ring (bicyclic) bond motifs is 1. The number of nitrogens with one attached hydrogen (secondary N) is 1. The Morgan fingerprint density at radius 3 is 2.59 bits per heavy atom. The summed E-state index contributed by atoms with van der Waals surface area (Å²) in [6.07, 6.45) is 0.168. The van der Waals surface area contributed by atoms with E-state index in [1.54, 1.807) is 30.0 Å². The van der Waals surface area contributed by atoms with Crippen LogP contribution in [0.15, 0.2) is 27.8 Å². The number of piperidine rings is 1. The molecule has 2 N–H and O–H groups in total. The van der Waals surface area contributed by atoms with Gasteiger partial charge in [-0.3, -0.25) is 14.2 Å². The van der Waals surface area contributed by atoms with Gasteiger partial charge in [-0.15, -0.1) is 0 Å². The van der Waals surface area contributed by atoms with Crippen LogP contribution in [-0.4, -0.2) is 44.7 Å². The number of carbonyl (C=O) groups excluding carboxylic acids is 1. The number of H-pyrrole nitrogens is 1. The number of β-amino-alcohol motifs (C(OH)–C–C–N with tert-alkyl or cyclic N) is 1. The van der Waals surface area contributed by atoms with Gasteiger partial charge in [0.25, 0.3) is 11.5 Å². The third kappa shape index (κ3) is 3.56. The average Bonchev–Trinajstić information content (AvgIpc) is 2.59. The Kier molecular flexibility index (Phi) is 4.99. The van der Waals surface area contributed by atoms with Gasteiger partial charge in [0.2, 0.25) is 0 Å². The minimum absolute atomic E-state index is 0.0177. The van der Waals surface area contributed by atoms with Crippen molar-refractivity contribution in [3.63, 3.8) is 0 Å². The van der Waals surface area contributed by atoms with Crippen molar-refractivity contribution < 1.29 is 9.90 Å². The van der Waals surface area contributed by atoms with Gasteiger partial charge in [0.1, 0.15) is 0 Å². The molecular formula is C20H27N3O4. The highest BCUT2D eigenvalue weighted by molar-refractivity contribution is 5.97. The molecule has 1 saturated heterocycles. The molecule has 7 nitrogen and oxygen atoms in total. The lowest BCUT2D eigenvalue weighted by molar-refractivity contribution is -0.0188. The molecular weight excluding hydrogens is 346 g/mol. The van der Waals surface area contributed by atoms with Crippen molar-refractivity contribution in [2.45, 2.75) is 46.8 Å². The number of aromatic nitrogens is 2. The zero-order valence-electron chi connectivity index (χ0n) is 16.3. The fourth-order valence-electron chi connectivity index (χ4n) is 3.98. The first-order valence-corrected chi connectivity index (χ1v) is 9.37. The molecule has 3 rings (SSSR count). The molecule has 0 bridgehead atoms. The van der Waals surface area contributed by atoms with E-state index in [1.807, 2.05) is 0 Å². The monoisotopic (exact) mass is 373 g/mol. The average molecular weight is 373 g/mol. The fraction of sp³-hybridized carbons (Fsp3) is 0.550. The third-order valence-electron chi connectivity index (χ3n) is 5.53. The van der Waals surface area contributed by atoms with Crippen LogP contribution in [-0.2, 0) is 6.54 Å². The quantitative estimate of drug-likeness (QED) is 0.835. The summed E-state index contributed by atoms with van der Waals surface area (Å²) in [5, 5.41) is 10.9. The summed E-state index contributed by atoms with van der Waals surface area (Å²) in [6, 6.07) is 4.72. The van der Waals surface area contributed by atoms with Gasteiger partial charge < -0.3 is 15.0 Å². The molecule has 7 heteroatoms. The molecule has 0 radical (unpaired) electrons. The topological polar surface area (TPSA) is 95.4 Å². The molecule has 0 aliphatic carbocycles. The highest BCUT2D eigenvalue weighted by Gasteiger charge is 2.37. The van der Waals surface area contributed by atoms with Crippen LogP contribution < -0.4 is 11.2 Å². The standard InChI is InChI=1S/C20H27N3O4/c1-5-23-18(26)13-7-6-12(10-15(13)21-19(23)27)17(25)22-9-8-14(16(24)11-22)20(2,3)4/h6-7,10,14,16,24H,5,8-9,11H2,1-4H3,(H,21,27)/t14-,16+/m1/s1. The lowest BCUT2D eigenvalue weighted by atomic mass is 9.73. The normalized spacial score (nSPS) is 20.9. The predicted octanol–water partition coefficient (Wildman–Crippen LogP) is 1.58. The minimum Gasteiger partial charge on any atom is -0.391 e. The zero-order chi connectivity index (χ0) is 19.9. The van der Waals surface area contributed by atoms with E-state index in [9.17, 15) is 19.5 Å². The maximum Gasteiger partial charge on any atom is 0.328 e. The van der Waals surface area contributed by atoms with Crippen LogP contribution in [0.4, 0.5) is 0 Å². The second-order valence-electron chi connectivity index (χ2n) is 8.32. The number of hydrogen-bond donors (Lipinski definition) is 2. The van der Waals surface area contributed by atoms with Crippen LogP contribution in [0.2, 0.25) is 0 Å². The Hall–Kier alpha value is -2.41. The number of nitrogens with zero attached hydrogens (tertiary/aromatic N) is 2. The molecule has 1 aromatic heterocycles. The second kappa shape index (κ2) is 6.96. The number of carbonyl (C=O) groups is 1. The van der Waals surface area contributed by atoms with Gasteiger partial charge in [-0.05, 0) is 42.9 Å². The number of aromatic amines is 1. The SMILES string of the molecule is CCn1c(=O)[nH]c2cc(C(=O)N3CC[C@@H](C(C)(C)C)[C@@H](O)C3)ccc2c1=O. The van der Waals surface area contributed by atoms with Crippen molar-refractivity contribution in [3.8, 4) is 0 Å². The van der Waals surface area contributed by atoms with Crippen molar-refractivity contribution in [2.24, 2.45) is 11.3 Å². The number of likely N-dealkylation sites (tertiary alicyclic amines) is 1. The Morgan fingerprint density at radius 2 is 2.00 bits per heavy atom. The number of aliphatic hydroxyl groups is 1. The smallest absolute Gasteiger partial charge is 0.328 e. The lowest BCUT2D eigenvalue weighted by Gasteiger charge is -2.42. The first kappa shape index (κ1) is 19.4. The number of hydrogen-bond acceptors (Lipinski definition) is 4. The van der Waals surface area contributed by atoms with Crippen molar-refractivity contribution in [2.75, 3.05) is 13.1 Å². The lowest BCUT2D eigenvalue weighted by Crippen LogP contribution is -2.50. The van der Waals surface area contributed by atoms with Gasteiger partial charge in [0.15, 0.2) is 0 Å². The third-order valence-corrected chi connectivity index (χ3v) is 5.53. The van der Waals surface area contributed by atoms with Crippen LogP contribution >= 0.6 is 0 Å². The Bertz CT molecular complexity index is 983. The molecule has 27 heavy (non-hydrogen) atoms. The number of aliphatic hydroxyl groups excluding tert-OH is 1. The highest BCUT2D eigenvalue weighted by atomic mass is 16.3. The fourth-order valence-corrected chi connectivity index (χ4v) is 3.98. The van der Waals surface area contributed by atoms with E-state index in [2.05, 4.69) is 25.8 Å². The molecule has 2 atom stereocenters. The van der Waals surface area contributed by atoms with Crippen LogP contribution in [0.1, 0.15) is 44.5 Å². The van der Waals surface area contributed by atoms with Gasteiger partial charge in [0.05, 0.1) is 17.0 Å². The summed E-state index contributed by atoms with van der Waals surface area (Å²) >= 11 is 0. The van der Waals surface area contributed by atoms with E-state index in [-0.39, 0.29) is 35.9 Å². The van der Waals surface area contributed by atoms with Gasteiger partial charge in [-0.2, -0.15) is 0 Å². The molecule has 2 heterocycles. The van der Waals surface area contributed by atoms with E-state index in [0.717, 1.165) is 11.0 Å². The highest BCUT2D eigenvalue weighted by Crippen LogP contribution is 2.34. The molecule has 0 spiro atoms. The van der Waals surface area contributed by atoms with Gasteiger partial charge in [0, 0.05) is 25.2 Å². The summed E-state index contributed by atoms with van der Waals surface area (Å²) in [4.78, 5) is 41.6. The van der Waals surface area contributed by atoms with E-state index in [1.165, 1.54) is 0 Å². The number of rotatable bonds is 2. The molecule has 146 valence electrons. The Morgan fingerprint density at radius 1 is 1.30 bits per heavy atom. The number of benzene rings is 1. The van der Waals surface area contributed by atoms with E-state index < -0.39 is 11.8 Å². The maximum absolute atomic E-state index is 12.9. The first-order valence-electron chi connectivity index (χ1n) is 9.37. The van der Waals surface area contributed by atoms with E-state index in [4.69, 9.17) is 0 Å². The number of amides is 1. The van der Waals surface area contributed by atoms with Crippen molar-refractivity contribution >= 4 is 16.8 Å². The van der Waals surface area contributed by atoms with Gasteiger partial charge >= 0.3 is 5.69 Å². The van der Waals surface area contributed by atoms with Crippen LogP contribution in [0.5, 0.6) is 0 Å². The van der Waals surface area contributed by atoms with Gasteiger partial charge in [-0.25, -0.2) is 4.79 Å². The minimum atomic E-state index is -0.570. The van der Waals surface area contributed by atoms with Crippen LogP contribution in [0.3, 0.4) is 0 Å². The summed E-state index contributed by atoms with van der Waals surface area (Å²) in [5.74, 6) is -0.0640. The van der Waals surface area contributed by atoms with Crippen LogP contribution in [0, 0.1) is 11.3 Å². The molecule has 0 unspecified atom stereocenters. The maximum atomic E-state index is 12.9. The summed E-state index contributed by atoms with van der Waals surface area (Å²) in [6.45, 7) is 9.16.